The summed E-state index contributed by atoms with van der Waals surface area (Å²) in [6.45, 7) is 3.21. The van der Waals surface area contributed by atoms with E-state index in [1.165, 1.54) is 0 Å². The number of likely N-dealkylation sites (tertiary alicyclic amines) is 1. The van der Waals surface area contributed by atoms with Crippen LogP contribution in [0.1, 0.15) is 35.4 Å². The van der Waals surface area contributed by atoms with Crippen LogP contribution in [0.3, 0.4) is 0 Å². The molecule has 8 heteroatoms. The molecule has 2 aliphatic rings. The van der Waals surface area contributed by atoms with Crippen molar-refractivity contribution in [3.05, 3.63) is 66.2 Å². The first-order valence-corrected chi connectivity index (χ1v) is 11.3. The highest BCUT2D eigenvalue weighted by atomic mass is 16.4. The lowest BCUT2D eigenvalue weighted by Gasteiger charge is -2.25. The van der Waals surface area contributed by atoms with Crippen molar-refractivity contribution >= 4 is 23.0 Å². The number of rotatable bonds is 5. The molecule has 1 atom stereocenters. The first-order valence-electron chi connectivity index (χ1n) is 11.3. The van der Waals surface area contributed by atoms with Gasteiger partial charge in [0.2, 0.25) is 0 Å². The molecule has 1 aromatic carbocycles. The standard InChI is InChI=1S/C25H24N6O2/c1-16-7-8-18(22-26-11-4-12-27-22)21(29-16)23(32)31-15-25(9-10-25)13-17(31)14-28-24-30-19-5-2-3-6-20(19)33-24/h2-8,11-12,17H,9-10,13-15H2,1H3,(H,28,30). The number of fused-ring (bicyclic) bond motifs is 1. The van der Waals surface area contributed by atoms with Crippen molar-refractivity contribution in [3.8, 4) is 11.4 Å². The third-order valence-electron chi connectivity index (χ3n) is 6.66. The fourth-order valence-electron chi connectivity index (χ4n) is 4.75. The van der Waals surface area contributed by atoms with Gasteiger partial charge in [-0.15, -0.1) is 0 Å². The molecule has 1 spiro atoms. The van der Waals surface area contributed by atoms with Crippen molar-refractivity contribution in [3.63, 3.8) is 0 Å². The molecule has 33 heavy (non-hydrogen) atoms. The Morgan fingerprint density at radius 2 is 1.94 bits per heavy atom. The molecule has 2 fully saturated rings. The number of oxazole rings is 1. The second kappa shape index (κ2) is 7.65. The molecule has 0 radical (unpaired) electrons. The van der Waals surface area contributed by atoms with Crippen molar-refractivity contribution in [2.24, 2.45) is 5.41 Å². The molecule has 166 valence electrons. The highest BCUT2D eigenvalue weighted by Crippen LogP contribution is 2.55. The van der Waals surface area contributed by atoms with Gasteiger partial charge in [-0.1, -0.05) is 12.1 Å². The molecule has 4 aromatic rings. The highest BCUT2D eigenvalue weighted by molar-refractivity contribution is 5.98. The number of carbonyl (C=O) groups excluding carboxylic acids is 1. The first kappa shape index (κ1) is 19.8. The number of aromatic nitrogens is 4. The number of hydrogen-bond donors (Lipinski definition) is 1. The van der Waals surface area contributed by atoms with Gasteiger partial charge in [0.25, 0.3) is 11.9 Å². The number of benzene rings is 1. The summed E-state index contributed by atoms with van der Waals surface area (Å²) in [6.07, 6.45) is 6.64. The summed E-state index contributed by atoms with van der Waals surface area (Å²) in [5, 5.41) is 3.32. The Morgan fingerprint density at radius 3 is 2.73 bits per heavy atom. The lowest BCUT2D eigenvalue weighted by Crippen LogP contribution is -2.40. The SMILES string of the molecule is Cc1ccc(-c2ncccn2)c(C(=O)N2CC3(CC3)CC2CNc2nc3ccccc3o2)n1. The van der Waals surface area contributed by atoms with Crippen LogP contribution in [0, 0.1) is 12.3 Å². The van der Waals surface area contributed by atoms with E-state index in [4.69, 9.17) is 4.42 Å². The van der Waals surface area contributed by atoms with Crippen molar-refractivity contribution in [1.29, 1.82) is 0 Å². The van der Waals surface area contributed by atoms with Gasteiger partial charge in [0.05, 0.1) is 11.6 Å². The molecular formula is C25H24N6O2. The molecule has 6 rings (SSSR count). The number of aryl methyl sites for hydroxylation is 1. The minimum Gasteiger partial charge on any atom is -0.424 e. The second-order valence-corrected chi connectivity index (χ2v) is 9.08. The van der Waals surface area contributed by atoms with E-state index in [-0.39, 0.29) is 17.4 Å². The summed E-state index contributed by atoms with van der Waals surface area (Å²) < 4.78 is 5.81. The summed E-state index contributed by atoms with van der Waals surface area (Å²) >= 11 is 0. The van der Waals surface area contributed by atoms with Gasteiger partial charge in [-0.3, -0.25) is 4.79 Å². The maximum atomic E-state index is 13.8. The zero-order valence-corrected chi connectivity index (χ0v) is 18.4. The molecule has 3 aromatic heterocycles. The monoisotopic (exact) mass is 440 g/mol. The van der Waals surface area contributed by atoms with E-state index in [9.17, 15) is 4.79 Å². The molecule has 1 saturated heterocycles. The first-order chi connectivity index (χ1) is 16.1. The number of nitrogens with one attached hydrogen (secondary N) is 1. The van der Waals surface area contributed by atoms with Crippen LogP contribution >= 0.6 is 0 Å². The zero-order chi connectivity index (χ0) is 22.4. The summed E-state index contributed by atoms with van der Waals surface area (Å²) in [7, 11) is 0. The van der Waals surface area contributed by atoms with Gasteiger partial charge in [0, 0.05) is 31.2 Å². The summed E-state index contributed by atoms with van der Waals surface area (Å²) in [6, 6.07) is 13.7. The van der Waals surface area contributed by atoms with Gasteiger partial charge in [0.1, 0.15) is 11.2 Å². The van der Waals surface area contributed by atoms with Crippen LogP contribution in [0.4, 0.5) is 6.01 Å². The highest BCUT2D eigenvalue weighted by Gasteiger charge is 2.53. The summed E-state index contributed by atoms with van der Waals surface area (Å²) in [4.78, 5) is 33.6. The molecule has 1 amide bonds. The number of carbonyl (C=O) groups is 1. The number of nitrogens with zero attached hydrogens (tertiary/aromatic N) is 5. The van der Waals surface area contributed by atoms with Gasteiger partial charge in [-0.25, -0.2) is 15.0 Å². The van der Waals surface area contributed by atoms with Crippen LogP contribution in [-0.2, 0) is 0 Å². The minimum absolute atomic E-state index is 0.0295. The topological polar surface area (TPSA) is 97.0 Å². The van der Waals surface area contributed by atoms with Crippen molar-refractivity contribution in [1.82, 2.24) is 24.8 Å². The van der Waals surface area contributed by atoms with E-state index in [1.54, 1.807) is 18.5 Å². The maximum absolute atomic E-state index is 13.8. The smallest absolute Gasteiger partial charge is 0.295 e. The average Bonchev–Trinajstić information content (AvgIpc) is 3.30. The molecule has 1 saturated carbocycles. The van der Waals surface area contributed by atoms with Crippen LogP contribution in [0.25, 0.3) is 22.5 Å². The fourth-order valence-corrected chi connectivity index (χ4v) is 4.75. The zero-order valence-electron chi connectivity index (χ0n) is 18.4. The average molecular weight is 441 g/mol. The predicted octanol–water partition coefficient (Wildman–Crippen LogP) is 4.10. The lowest BCUT2D eigenvalue weighted by molar-refractivity contribution is 0.0732. The van der Waals surface area contributed by atoms with E-state index >= 15 is 0 Å². The van der Waals surface area contributed by atoms with Gasteiger partial charge >= 0.3 is 0 Å². The molecule has 8 nitrogen and oxygen atoms in total. The van der Waals surface area contributed by atoms with Crippen LogP contribution in [-0.4, -0.2) is 49.9 Å². The predicted molar refractivity (Wildman–Crippen MR) is 124 cm³/mol. The number of hydrogen-bond acceptors (Lipinski definition) is 7. The number of amides is 1. The largest absolute Gasteiger partial charge is 0.424 e. The van der Waals surface area contributed by atoms with E-state index in [0.29, 0.717) is 29.6 Å². The Morgan fingerprint density at radius 1 is 1.12 bits per heavy atom. The maximum Gasteiger partial charge on any atom is 0.295 e. The molecule has 4 heterocycles. The third kappa shape index (κ3) is 3.71. The van der Waals surface area contributed by atoms with Crippen LogP contribution in [0.15, 0.2) is 59.3 Å². The summed E-state index contributed by atoms with van der Waals surface area (Å²) in [5.41, 5.74) is 3.65. The number of pyridine rings is 1. The Kier molecular flexibility index (Phi) is 4.60. The fraction of sp³-hybridized carbons (Fsp3) is 0.320. The third-order valence-corrected chi connectivity index (χ3v) is 6.66. The molecule has 0 bridgehead atoms. The summed E-state index contributed by atoms with van der Waals surface area (Å²) in [5.74, 6) is 0.434. The van der Waals surface area contributed by atoms with Crippen molar-refractivity contribution in [2.45, 2.75) is 32.2 Å². The Hall–Kier alpha value is -3.81. The van der Waals surface area contributed by atoms with E-state index < -0.39 is 0 Å². The van der Waals surface area contributed by atoms with Gasteiger partial charge in [-0.2, -0.15) is 4.98 Å². The lowest BCUT2D eigenvalue weighted by atomic mass is 10.0. The molecule has 1 aliphatic carbocycles. The quantitative estimate of drug-likeness (QED) is 0.499. The molecule has 1 N–H and O–H groups in total. The minimum atomic E-state index is -0.0747. The molecule has 1 unspecified atom stereocenters. The van der Waals surface area contributed by atoms with Crippen LogP contribution in [0.2, 0.25) is 0 Å². The Bertz CT molecular complexity index is 1300. The molecular weight excluding hydrogens is 416 g/mol. The Balaban J connectivity index is 1.28. The van der Waals surface area contributed by atoms with Crippen molar-refractivity contribution in [2.75, 3.05) is 18.4 Å². The van der Waals surface area contributed by atoms with Gasteiger partial charge in [0.15, 0.2) is 11.4 Å². The number of para-hydroxylation sites is 2. The van der Waals surface area contributed by atoms with E-state index in [0.717, 1.165) is 42.6 Å². The van der Waals surface area contributed by atoms with Crippen molar-refractivity contribution < 1.29 is 9.21 Å². The van der Waals surface area contributed by atoms with Crippen LogP contribution < -0.4 is 5.32 Å². The van der Waals surface area contributed by atoms with Gasteiger partial charge in [-0.05, 0) is 61.9 Å². The van der Waals surface area contributed by atoms with Crippen LogP contribution in [0.5, 0.6) is 0 Å². The number of anilines is 1. The van der Waals surface area contributed by atoms with E-state index in [2.05, 4.69) is 25.3 Å². The molecule has 1 aliphatic heterocycles. The normalized spacial score (nSPS) is 18.7. The van der Waals surface area contributed by atoms with E-state index in [1.807, 2.05) is 48.2 Å². The second-order valence-electron chi connectivity index (χ2n) is 9.08. The Labute approximate surface area is 191 Å². The van der Waals surface area contributed by atoms with Gasteiger partial charge < -0.3 is 14.6 Å².